The summed E-state index contributed by atoms with van der Waals surface area (Å²) in [7, 11) is 0. The third-order valence-corrected chi connectivity index (χ3v) is 6.50. The average molecular weight is 535 g/mol. The van der Waals surface area contributed by atoms with Crippen molar-refractivity contribution in [3.8, 4) is 0 Å². The van der Waals surface area contributed by atoms with Crippen molar-refractivity contribution in [1.82, 2.24) is 0 Å². The first kappa shape index (κ1) is 28.7. The van der Waals surface area contributed by atoms with Crippen molar-refractivity contribution in [1.29, 1.82) is 0 Å². The third-order valence-electron chi connectivity index (χ3n) is 6.50. The largest absolute Gasteiger partial charge is 0.512 e. The number of benzene rings is 2. The number of esters is 3. The standard InChI is InChI=1S/C28H29F3O7/c1-4-36-24(33)22-21(32)16-20(17-12-8-7-9-13-17)27(25(34)37-5-2,26(35)38-6-3)23(22)18-14-10-11-15-19(18)28(29,30)31/h7-15,20,23,32H,4-6,16H2,1-3H3. The van der Waals surface area contributed by atoms with E-state index in [1.807, 2.05) is 0 Å². The molecule has 0 radical (unpaired) electrons. The lowest BCUT2D eigenvalue weighted by molar-refractivity contribution is -0.177. The Labute approximate surface area is 218 Å². The van der Waals surface area contributed by atoms with Crippen LogP contribution in [-0.2, 0) is 34.8 Å². The van der Waals surface area contributed by atoms with Gasteiger partial charge in [0.2, 0.25) is 0 Å². The summed E-state index contributed by atoms with van der Waals surface area (Å²) in [4.78, 5) is 41.1. The van der Waals surface area contributed by atoms with E-state index < -0.39 is 70.2 Å². The fourth-order valence-electron chi connectivity index (χ4n) is 5.08. The van der Waals surface area contributed by atoms with Gasteiger partial charge in [-0.25, -0.2) is 4.79 Å². The van der Waals surface area contributed by atoms with Crippen LogP contribution in [0.15, 0.2) is 65.9 Å². The Morgan fingerprint density at radius 2 is 1.39 bits per heavy atom. The van der Waals surface area contributed by atoms with Gasteiger partial charge < -0.3 is 19.3 Å². The predicted molar refractivity (Wildman–Crippen MR) is 130 cm³/mol. The number of carbonyl (C=O) groups is 3. The van der Waals surface area contributed by atoms with Gasteiger partial charge in [0.1, 0.15) is 5.76 Å². The Hall–Kier alpha value is -3.82. The lowest BCUT2D eigenvalue weighted by Crippen LogP contribution is -2.54. The number of halogens is 3. The van der Waals surface area contributed by atoms with E-state index in [-0.39, 0.29) is 19.8 Å². The second-order valence-electron chi connectivity index (χ2n) is 8.58. The van der Waals surface area contributed by atoms with Gasteiger partial charge in [0.25, 0.3) is 0 Å². The van der Waals surface area contributed by atoms with Gasteiger partial charge in [0, 0.05) is 18.3 Å². The maximum atomic E-state index is 14.3. The van der Waals surface area contributed by atoms with E-state index in [0.29, 0.717) is 5.56 Å². The van der Waals surface area contributed by atoms with Crippen molar-refractivity contribution >= 4 is 17.9 Å². The molecule has 0 saturated carbocycles. The molecule has 0 aromatic heterocycles. The van der Waals surface area contributed by atoms with Crippen LogP contribution < -0.4 is 0 Å². The number of rotatable bonds is 8. The zero-order valence-electron chi connectivity index (χ0n) is 21.2. The summed E-state index contributed by atoms with van der Waals surface area (Å²) >= 11 is 0. The zero-order valence-corrected chi connectivity index (χ0v) is 21.2. The Morgan fingerprint density at radius 1 is 0.868 bits per heavy atom. The van der Waals surface area contributed by atoms with Gasteiger partial charge in [-0.05, 0) is 38.0 Å². The minimum atomic E-state index is -4.93. The second kappa shape index (κ2) is 11.7. The van der Waals surface area contributed by atoms with Crippen LogP contribution in [0.5, 0.6) is 0 Å². The van der Waals surface area contributed by atoms with Crippen LogP contribution in [0.3, 0.4) is 0 Å². The van der Waals surface area contributed by atoms with E-state index in [4.69, 9.17) is 14.2 Å². The molecule has 10 heteroatoms. The van der Waals surface area contributed by atoms with Crippen LogP contribution in [-0.4, -0.2) is 42.8 Å². The van der Waals surface area contributed by atoms with Crippen LogP contribution >= 0.6 is 0 Å². The van der Waals surface area contributed by atoms with Gasteiger partial charge in [-0.1, -0.05) is 48.5 Å². The van der Waals surface area contributed by atoms with Crippen LogP contribution in [0.4, 0.5) is 13.2 Å². The molecular weight excluding hydrogens is 505 g/mol. The molecular formula is C28H29F3O7. The third kappa shape index (κ3) is 5.12. The minimum Gasteiger partial charge on any atom is -0.512 e. The maximum absolute atomic E-state index is 14.3. The van der Waals surface area contributed by atoms with Crippen molar-refractivity contribution in [2.45, 2.75) is 45.2 Å². The Morgan fingerprint density at radius 3 is 1.92 bits per heavy atom. The van der Waals surface area contributed by atoms with Gasteiger partial charge >= 0.3 is 24.1 Å². The van der Waals surface area contributed by atoms with Crippen molar-refractivity contribution in [3.05, 3.63) is 82.6 Å². The summed E-state index contributed by atoms with van der Waals surface area (Å²) in [6.45, 7) is 3.86. The van der Waals surface area contributed by atoms with Crippen molar-refractivity contribution in [2.75, 3.05) is 19.8 Å². The van der Waals surface area contributed by atoms with E-state index >= 15 is 0 Å². The van der Waals surface area contributed by atoms with Gasteiger partial charge in [0.15, 0.2) is 5.41 Å². The van der Waals surface area contributed by atoms with Crippen LogP contribution in [0.1, 0.15) is 55.7 Å². The molecule has 0 fully saturated rings. The molecule has 2 aromatic rings. The summed E-state index contributed by atoms with van der Waals surface area (Å²) in [5.41, 5.74) is -4.54. The van der Waals surface area contributed by atoms with E-state index in [9.17, 15) is 32.7 Å². The number of aliphatic hydroxyl groups excluding tert-OH is 1. The first-order valence-corrected chi connectivity index (χ1v) is 12.2. The summed E-state index contributed by atoms with van der Waals surface area (Å²) < 4.78 is 58.7. The molecule has 0 aliphatic heterocycles. The second-order valence-corrected chi connectivity index (χ2v) is 8.58. The van der Waals surface area contributed by atoms with Crippen LogP contribution in [0.25, 0.3) is 0 Å². The fourth-order valence-corrected chi connectivity index (χ4v) is 5.08. The summed E-state index contributed by atoms with van der Waals surface area (Å²) in [6, 6.07) is 12.4. The number of hydrogen-bond acceptors (Lipinski definition) is 7. The summed E-state index contributed by atoms with van der Waals surface area (Å²) in [6.07, 6.45) is -5.36. The highest BCUT2D eigenvalue weighted by molar-refractivity contribution is 6.06. The van der Waals surface area contributed by atoms with E-state index in [1.165, 1.54) is 26.8 Å². The summed E-state index contributed by atoms with van der Waals surface area (Å²) in [5, 5.41) is 11.2. The number of alkyl halides is 3. The van der Waals surface area contributed by atoms with E-state index in [0.717, 1.165) is 18.2 Å². The minimum absolute atomic E-state index is 0.169. The lowest BCUT2D eigenvalue weighted by atomic mass is 9.55. The number of allylic oxidation sites excluding steroid dienone is 1. The monoisotopic (exact) mass is 534 g/mol. The topological polar surface area (TPSA) is 99.1 Å². The molecule has 0 saturated heterocycles. The highest BCUT2D eigenvalue weighted by atomic mass is 19.4. The quantitative estimate of drug-likeness (QED) is 0.273. The van der Waals surface area contributed by atoms with E-state index in [1.54, 1.807) is 30.3 Å². The molecule has 0 bridgehead atoms. The maximum Gasteiger partial charge on any atom is 0.416 e. The zero-order chi connectivity index (χ0) is 28.1. The Bertz CT molecular complexity index is 1190. The molecule has 204 valence electrons. The Kier molecular flexibility index (Phi) is 8.85. The molecule has 1 aliphatic carbocycles. The van der Waals surface area contributed by atoms with Crippen molar-refractivity contribution in [2.24, 2.45) is 5.41 Å². The molecule has 0 heterocycles. The normalized spacial score (nSPS) is 19.0. The van der Waals surface area contributed by atoms with Crippen molar-refractivity contribution < 1.29 is 46.9 Å². The molecule has 38 heavy (non-hydrogen) atoms. The molecule has 3 rings (SSSR count). The smallest absolute Gasteiger partial charge is 0.416 e. The number of ether oxygens (including phenoxy) is 3. The Balaban J connectivity index is 2.55. The van der Waals surface area contributed by atoms with E-state index in [2.05, 4.69) is 0 Å². The van der Waals surface area contributed by atoms with Crippen LogP contribution in [0.2, 0.25) is 0 Å². The van der Waals surface area contributed by atoms with Crippen LogP contribution in [0, 0.1) is 5.41 Å². The first-order chi connectivity index (χ1) is 18.0. The molecule has 7 nitrogen and oxygen atoms in total. The highest BCUT2D eigenvalue weighted by Gasteiger charge is 2.66. The number of aliphatic hydroxyl groups is 1. The molecule has 2 aromatic carbocycles. The number of hydrogen-bond donors (Lipinski definition) is 1. The summed E-state index contributed by atoms with van der Waals surface area (Å²) in [5.74, 6) is -7.30. The van der Waals surface area contributed by atoms with Gasteiger partial charge in [-0.15, -0.1) is 0 Å². The molecule has 1 N–H and O–H groups in total. The van der Waals surface area contributed by atoms with Gasteiger partial charge in [-0.3, -0.25) is 9.59 Å². The molecule has 2 atom stereocenters. The first-order valence-electron chi connectivity index (χ1n) is 12.2. The molecule has 1 aliphatic rings. The predicted octanol–water partition coefficient (Wildman–Crippen LogP) is 5.46. The van der Waals surface area contributed by atoms with Gasteiger partial charge in [0.05, 0.1) is 31.0 Å². The average Bonchev–Trinajstić information content (AvgIpc) is 2.88. The SMILES string of the molecule is CCOC(=O)C1=C(O)CC(c2ccccc2)C(C(=O)OCC)(C(=O)OCC)C1c1ccccc1C(F)(F)F. The van der Waals surface area contributed by atoms with Crippen molar-refractivity contribution in [3.63, 3.8) is 0 Å². The van der Waals surface area contributed by atoms with Gasteiger partial charge in [-0.2, -0.15) is 13.2 Å². The highest BCUT2D eigenvalue weighted by Crippen LogP contribution is 2.59. The molecule has 2 unspecified atom stereocenters. The lowest BCUT2D eigenvalue weighted by Gasteiger charge is -2.46. The fraction of sp³-hybridized carbons (Fsp3) is 0.393. The molecule has 0 amide bonds. The number of carbonyl (C=O) groups excluding carboxylic acids is 3. The molecule has 0 spiro atoms.